The number of carbonyl (C=O) groups excluding carboxylic acids is 2. The second-order valence-corrected chi connectivity index (χ2v) is 12.1. The average molecular weight is 660 g/mol. The Morgan fingerprint density at radius 1 is 0.333 bits per heavy atom. The van der Waals surface area contributed by atoms with Crippen molar-refractivity contribution in [2.24, 2.45) is 0 Å². The van der Waals surface area contributed by atoms with Crippen molar-refractivity contribution < 1.29 is 36.6 Å². The second-order valence-electron chi connectivity index (χ2n) is 12.1. The van der Waals surface area contributed by atoms with Crippen LogP contribution in [0, 0.1) is 0 Å². The van der Waals surface area contributed by atoms with Gasteiger partial charge in [0.15, 0.2) is 0 Å². The van der Waals surface area contributed by atoms with Crippen LogP contribution < -0.4 is 10.2 Å². The molecule has 0 unspecified atom stereocenters. The minimum absolute atomic E-state index is 0. The number of carboxylic acid groups (broad SMARTS) is 2. The third-order valence-corrected chi connectivity index (χ3v) is 7.97. The molecule has 0 aliphatic carbocycles. The SMILES string of the molecule is CCCCCCCCCCCCCCCCCC(=O)[O-].CCCCCCCCCCCCCCCCCC(=O)[O-].S.[Co+2]. The van der Waals surface area contributed by atoms with Crippen LogP contribution in [0.25, 0.3) is 0 Å². The van der Waals surface area contributed by atoms with E-state index in [0.29, 0.717) is 0 Å². The van der Waals surface area contributed by atoms with Gasteiger partial charge in [0, 0.05) is 11.9 Å². The maximum Gasteiger partial charge on any atom is 2.00 e. The number of carboxylic acids is 2. The molecule has 0 aliphatic rings. The Morgan fingerprint density at radius 3 is 0.619 bits per heavy atom. The minimum Gasteiger partial charge on any atom is -0.550 e. The summed E-state index contributed by atoms with van der Waals surface area (Å²) in [7, 11) is 0. The zero-order chi connectivity index (χ0) is 29.8. The van der Waals surface area contributed by atoms with E-state index < -0.39 is 11.9 Å². The molecule has 0 saturated carbocycles. The van der Waals surface area contributed by atoms with Gasteiger partial charge in [0.25, 0.3) is 0 Å². The molecular formula is C36H72CoO4S. The second kappa shape index (κ2) is 45.2. The first-order valence-electron chi connectivity index (χ1n) is 17.9. The fourth-order valence-electron chi connectivity index (χ4n) is 5.28. The van der Waals surface area contributed by atoms with Crippen molar-refractivity contribution in [2.45, 2.75) is 219 Å². The normalized spacial score (nSPS) is 10.3. The summed E-state index contributed by atoms with van der Waals surface area (Å²) in [6.45, 7) is 4.53. The summed E-state index contributed by atoms with van der Waals surface area (Å²) in [4.78, 5) is 20.4. The molecule has 0 bridgehead atoms. The van der Waals surface area contributed by atoms with Crippen molar-refractivity contribution in [1.82, 2.24) is 0 Å². The average Bonchev–Trinajstić information content (AvgIpc) is 2.93. The molecule has 0 amide bonds. The summed E-state index contributed by atoms with van der Waals surface area (Å²) >= 11 is 0. The maximum atomic E-state index is 10.2. The molecule has 0 N–H and O–H groups in total. The van der Waals surface area contributed by atoms with Gasteiger partial charge in [0.05, 0.1) is 0 Å². The number of hydrogen-bond acceptors (Lipinski definition) is 4. The molecule has 0 heterocycles. The van der Waals surface area contributed by atoms with Gasteiger partial charge in [0.2, 0.25) is 0 Å². The smallest absolute Gasteiger partial charge is 0.550 e. The first-order valence-corrected chi connectivity index (χ1v) is 17.9. The predicted octanol–water partition coefficient (Wildman–Crippen LogP) is 10.1. The third-order valence-electron chi connectivity index (χ3n) is 7.97. The monoisotopic (exact) mass is 659 g/mol. The zero-order valence-corrected chi connectivity index (χ0v) is 30.1. The molecule has 0 aliphatic heterocycles. The van der Waals surface area contributed by atoms with Gasteiger partial charge in [-0.05, 0) is 25.7 Å². The molecule has 0 spiro atoms. The van der Waals surface area contributed by atoms with Crippen LogP contribution in [0.3, 0.4) is 0 Å². The fraction of sp³-hybridized carbons (Fsp3) is 0.944. The fourth-order valence-corrected chi connectivity index (χ4v) is 5.28. The largest absolute Gasteiger partial charge is 2.00 e. The van der Waals surface area contributed by atoms with Crippen molar-refractivity contribution in [3.8, 4) is 0 Å². The Bertz CT molecular complexity index is 461. The van der Waals surface area contributed by atoms with Crippen LogP contribution in [0.1, 0.15) is 219 Å². The number of rotatable bonds is 32. The topological polar surface area (TPSA) is 80.3 Å². The van der Waals surface area contributed by atoms with Crippen molar-refractivity contribution in [3.63, 3.8) is 0 Å². The van der Waals surface area contributed by atoms with E-state index in [-0.39, 0.29) is 43.1 Å². The van der Waals surface area contributed by atoms with E-state index in [4.69, 9.17) is 0 Å². The Kier molecular flexibility index (Phi) is 52.4. The van der Waals surface area contributed by atoms with Crippen LogP contribution in [0.2, 0.25) is 0 Å². The van der Waals surface area contributed by atoms with E-state index in [9.17, 15) is 19.8 Å². The summed E-state index contributed by atoms with van der Waals surface area (Å²) < 4.78 is 0. The molecule has 0 aromatic heterocycles. The molecular weight excluding hydrogens is 587 g/mol. The van der Waals surface area contributed by atoms with Crippen molar-refractivity contribution in [2.75, 3.05) is 0 Å². The van der Waals surface area contributed by atoms with Gasteiger partial charge >= 0.3 is 16.8 Å². The van der Waals surface area contributed by atoms with Crippen molar-refractivity contribution >= 4 is 25.4 Å². The van der Waals surface area contributed by atoms with Gasteiger partial charge in [-0.15, -0.1) is 0 Å². The Morgan fingerprint density at radius 2 is 0.476 bits per heavy atom. The molecule has 6 heteroatoms. The van der Waals surface area contributed by atoms with Crippen LogP contribution in [0.4, 0.5) is 0 Å². The van der Waals surface area contributed by atoms with E-state index in [1.807, 2.05) is 0 Å². The van der Waals surface area contributed by atoms with Crippen LogP contribution in [-0.4, -0.2) is 11.9 Å². The Hall–Kier alpha value is -0.204. The van der Waals surface area contributed by atoms with Gasteiger partial charge < -0.3 is 19.8 Å². The molecule has 42 heavy (non-hydrogen) atoms. The van der Waals surface area contributed by atoms with Gasteiger partial charge in [-0.3, -0.25) is 0 Å². The van der Waals surface area contributed by atoms with Crippen molar-refractivity contribution in [3.05, 3.63) is 0 Å². The van der Waals surface area contributed by atoms with E-state index in [2.05, 4.69) is 13.8 Å². The summed E-state index contributed by atoms with van der Waals surface area (Å²) in [5.41, 5.74) is 0. The maximum absolute atomic E-state index is 10.2. The van der Waals surface area contributed by atoms with E-state index >= 15 is 0 Å². The molecule has 4 nitrogen and oxygen atoms in total. The van der Waals surface area contributed by atoms with Gasteiger partial charge in [0.1, 0.15) is 0 Å². The number of unbranched alkanes of at least 4 members (excludes halogenated alkanes) is 28. The van der Waals surface area contributed by atoms with E-state index in [0.717, 1.165) is 25.7 Å². The summed E-state index contributed by atoms with van der Waals surface area (Å²) in [5.74, 6) is -1.81. The number of carbonyl (C=O) groups is 2. The molecule has 0 aromatic rings. The molecule has 1 radical (unpaired) electrons. The van der Waals surface area contributed by atoms with Crippen LogP contribution in [-0.2, 0) is 26.4 Å². The summed E-state index contributed by atoms with van der Waals surface area (Å²) in [5, 5.41) is 20.4. The molecule has 0 rings (SSSR count). The number of aliphatic carboxylic acids is 2. The first kappa shape index (κ1) is 48.7. The first-order chi connectivity index (χ1) is 19.5. The molecule has 0 saturated heterocycles. The summed E-state index contributed by atoms with van der Waals surface area (Å²) in [6.07, 6.45) is 39.7. The molecule has 255 valence electrons. The number of hydrogen-bond donors (Lipinski definition) is 0. The van der Waals surface area contributed by atoms with Gasteiger partial charge in [-0.25, -0.2) is 0 Å². The van der Waals surface area contributed by atoms with E-state index in [1.54, 1.807) is 0 Å². The Labute approximate surface area is 280 Å². The van der Waals surface area contributed by atoms with Crippen LogP contribution >= 0.6 is 13.5 Å². The minimum atomic E-state index is -0.903. The quantitative estimate of drug-likeness (QED) is 0.0673. The molecule has 0 fully saturated rings. The van der Waals surface area contributed by atoms with Crippen LogP contribution in [0.15, 0.2) is 0 Å². The molecule has 0 aromatic carbocycles. The third kappa shape index (κ3) is 52.4. The van der Waals surface area contributed by atoms with Gasteiger partial charge in [-0.1, -0.05) is 194 Å². The van der Waals surface area contributed by atoms with E-state index in [1.165, 1.54) is 167 Å². The standard InChI is InChI=1S/2C18H36O2.Co.H2S/c2*1-2-3-4-5-6-7-8-9-10-11-12-13-14-15-16-17-18(19)20;;/h2*2-17H2,1H3,(H,19,20);;1H2/q;;+2;/p-2. The van der Waals surface area contributed by atoms with Crippen molar-refractivity contribution in [1.29, 1.82) is 0 Å². The zero-order valence-electron chi connectivity index (χ0n) is 28.1. The van der Waals surface area contributed by atoms with Crippen LogP contribution in [0.5, 0.6) is 0 Å². The molecule has 0 atom stereocenters. The Balaban J connectivity index is -0.000000328. The summed E-state index contributed by atoms with van der Waals surface area (Å²) in [6, 6.07) is 0. The van der Waals surface area contributed by atoms with Gasteiger partial charge in [-0.2, -0.15) is 13.5 Å². The predicted molar refractivity (Wildman–Crippen MR) is 179 cm³/mol.